The Morgan fingerprint density at radius 1 is 1.42 bits per heavy atom. The van der Waals surface area contributed by atoms with Gasteiger partial charge in [-0.3, -0.25) is 9.67 Å². The SMILES string of the molecule is CCc1cc(CC(N)CCc2cccnc2)n(C)n1. The van der Waals surface area contributed by atoms with Crippen LogP contribution in [-0.4, -0.2) is 20.8 Å². The van der Waals surface area contributed by atoms with E-state index in [0.29, 0.717) is 0 Å². The van der Waals surface area contributed by atoms with E-state index in [-0.39, 0.29) is 6.04 Å². The van der Waals surface area contributed by atoms with Crippen molar-refractivity contribution in [3.8, 4) is 0 Å². The predicted octanol–water partition coefficient (Wildman–Crippen LogP) is 1.88. The quantitative estimate of drug-likeness (QED) is 0.860. The molecule has 0 spiro atoms. The molecular weight excluding hydrogens is 236 g/mol. The van der Waals surface area contributed by atoms with Crippen LogP contribution in [0.4, 0.5) is 0 Å². The van der Waals surface area contributed by atoms with Crippen LogP contribution in [0.3, 0.4) is 0 Å². The summed E-state index contributed by atoms with van der Waals surface area (Å²) in [7, 11) is 1.99. The molecule has 2 rings (SSSR count). The molecule has 102 valence electrons. The molecule has 2 aromatic rings. The summed E-state index contributed by atoms with van der Waals surface area (Å²) in [5, 5.41) is 4.45. The summed E-state index contributed by atoms with van der Waals surface area (Å²) in [6.45, 7) is 2.12. The minimum Gasteiger partial charge on any atom is -0.327 e. The largest absolute Gasteiger partial charge is 0.327 e. The van der Waals surface area contributed by atoms with Gasteiger partial charge >= 0.3 is 0 Å². The van der Waals surface area contributed by atoms with Gasteiger partial charge in [-0.2, -0.15) is 5.10 Å². The lowest BCUT2D eigenvalue weighted by Crippen LogP contribution is -2.24. The molecule has 2 heterocycles. The number of nitrogens with zero attached hydrogens (tertiary/aromatic N) is 3. The van der Waals surface area contributed by atoms with Crippen molar-refractivity contribution in [1.82, 2.24) is 14.8 Å². The molecule has 4 heteroatoms. The van der Waals surface area contributed by atoms with Crippen molar-refractivity contribution in [1.29, 1.82) is 0 Å². The van der Waals surface area contributed by atoms with E-state index in [1.165, 1.54) is 11.3 Å². The highest BCUT2D eigenvalue weighted by Gasteiger charge is 2.09. The molecule has 0 aromatic carbocycles. The van der Waals surface area contributed by atoms with Gasteiger partial charge in [0, 0.05) is 37.6 Å². The van der Waals surface area contributed by atoms with E-state index >= 15 is 0 Å². The number of aromatic nitrogens is 3. The molecule has 19 heavy (non-hydrogen) atoms. The van der Waals surface area contributed by atoms with Crippen molar-refractivity contribution in [3.63, 3.8) is 0 Å². The highest BCUT2D eigenvalue weighted by molar-refractivity contribution is 5.12. The van der Waals surface area contributed by atoms with E-state index in [0.717, 1.165) is 31.4 Å². The van der Waals surface area contributed by atoms with Crippen molar-refractivity contribution < 1.29 is 0 Å². The van der Waals surface area contributed by atoms with Gasteiger partial charge in [-0.15, -0.1) is 0 Å². The molecule has 0 radical (unpaired) electrons. The minimum atomic E-state index is 0.167. The first-order chi connectivity index (χ1) is 9.19. The van der Waals surface area contributed by atoms with Gasteiger partial charge in [0.1, 0.15) is 0 Å². The summed E-state index contributed by atoms with van der Waals surface area (Å²) in [5.41, 5.74) is 9.81. The Labute approximate surface area is 114 Å². The zero-order valence-electron chi connectivity index (χ0n) is 11.7. The third-order valence-corrected chi connectivity index (χ3v) is 3.39. The van der Waals surface area contributed by atoms with Gasteiger partial charge in [-0.05, 0) is 37.0 Å². The highest BCUT2D eigenvalue weighted by Crippen LogP contribution is 2.09. The van der Waals surface area contributed by atoms with Gasteiger partial charge in [0.25, 0.3) is 0 Å². The molecule has 0 saturated carbocycles. The second-order valence-corrected chi connectivity index (χ2v) is 4.97. The first-order valence-corrected chi connectivity index (χ1v) is 6.85. The van der Waals surface area contributed by atoms with Crippen LogP contribution in [0, 0.1) is 0 Å². The smallest absolute Gasteiger partial charge is 0.0624 e. The molecule has 1 atom stereocenters. The van der Waals surface area contributed by atoms with Gasteiger partial charge in [0.2, 0.25) is 0 Å². The lowest BCUT2D eigenvalue weighted by Gasteiger charge is -2.11. The maximum Gasteiger partial charge on any atom is 0.0624 e. The molecule has 0 fully saturated rings. The maximum atomic E-state index is 6.21. The van der Waals surface area contributed by atoms with Gasteiger partial charge in [-0.25, -0.2) is 0 Å². The lowest BCUT2D eigenvalue weighted by atomic mass is 10.0. The number of hydrogen-bond donors (Lipinski definition) is 1. The molecule has 0 aliphatic heterocycles. The number of nitrogens with two attached hydrogens (primary N) is 1. The van der Waals surface area contributed by atoms with Crippen LogP contribution >= 0.6 is 0 Å². The Kier molecular flexibility index (Phi) is 4.68. The molecular formula is C15H22N4. The second kappa shape index (κ2) is 6.48. The molecule has 0 bridgehead atoms. The van der Waals surface area contributed by atoms with Crippen LogP contribution in [0.25, 0.3) is 0 Å². The monoisotopic (exact) mass is 258 g/mol. The maximum absolute atomic E-state index is 6.21. The Hall–Kier alpha value is -1.68. The molecule has 2 N–H and O–H groups in total. The van der Waals surface area contributed by atoms with E-state index in [9.17, 15) is 0 Å². The lowest BCUT2D eigenvalue weighted by molar-refractivity contribution is 0.577. The van der Waals surface area contributed by atoms with Gasteiger partial charge in [0.15, 0.2) is 0 Å². The average Bonchev–Trinajstić information content (AvgIpc) is 2.78. The Morgan fingerprint density at radius 2 is 2.26 bits per heavy atom. The van der Waals surface area contributed by atoms with E-state index in [1.54, 1.807) is 6.20 Å². The standard InChI is InChI=1S/C15H22N4/c1-3-14-10-15(19(2)18-14)9-13(16)7-6-12-5-4-8-17-11-12/h4-5,8,10-11,13H,3,6-7,9,16H2,1-2H3. The van der Waals surface area contributed by atoms with Gasteiger partial charge in [-0.1, -0.05) is 13.0 Å². The Bertz CT molecular complexity index is 504. The predicted molar refractivity (Wildman–Crippen MR) is 76.8 cm³/mol. The fraction of sp³-hybridized carbons (Fsp3) is 0.467. The summed E-state index contributed by atoms with van der Waals surface area (Å²) in [4.78, 5) is 4.12. The fourth-order valence-electron chi connectivity index (χ4n) is 2.20. The third kappa shape index (κ3) is 3.89. The molecule has 2 aromatic heterocycles. The van der Waals surface area contributed by atoms with E-state index in [1.807, 2.05) is 24.0 Å². The van der Waals surface area contributed by atoms with E-state index < -0.39 is 0 Å². The number of rotatable bonds is 6. The zero-order chi connectivity index (χ0) is 13.7. The van der Waals surface area contributed by atoms with E-state index in [2.05, 4.69) is 29.1 Å². The van der Waals surface area contributed by atoms with Gasteiger partial charge < -0.3 is 5.73 Å². The zero-order valence-corrected chi connectivity index (χ0v) is 11.7. The summed E-state index contributed by atoms with van der Waals surface area (Å²) < 4.78 is 1.95. The van der Waals surface area contributed by atoms with Crippen molar-refractivity contribution >= 4 is 0 Å². The van der Waals surface area contributed by atoms with Crippen LogP contribution in [0.2, 0.25) is 0 Å². The topological polar surface area (TPSA) is 56.7 Å². The van der Waals surface area contributed by atoms with Crippen LogP contribution in [0.5, 0.6) is 0 Å². The van der Waals surface area contributed by atoms with Crippen LogP contribution in [0.1, 0.15) is 30.3 Å². The first kappa shape index (κ1) is 13.7. The van der Waals surface area contributed by atoms with Crippen LogP contribution in [-0.2, 0) is 26.3 Å². The molecule has 0 aliphatic rings. The van der Waals surface area contributed by atoms with Crippen LogP contribution < -0.4 is 5.73 Å². The molecule has 4 nitrogen and oxygen atoms in total. The molecule has 1 unspecified atom stereocenters. The summed E-state index contributed by atoms with van der Waals surface area (Å²) in [6.07, 6.45) is 7.51. The van der Waals surface area contributed by atoms with E-state index in [4.69, 9.17) is 5.73 Å². The van der Waals surface area contributed by atoms with Crippen molar-refractivity contribution in [2.24, 2.45) is 12.8 Å². The highest BCUT2D eigenvalue weighted by atomic mass is 15.3. The second-order valence-electron chi connectivity index (χ2n) is 4.97. The number of hydrogen-bond acceptors (Lipinski definition) is 3. The third-order valence-electron chi connectivity index (χ3n) is 3.39. The first-order valence-electron chi connectivity index (χ1n) is 6.85. The van der Waals surface area contributed by atoms with Crippen molar-refractivity contribution in [2.75, 3.05) is 0 Å². The molecule has 0 amide bonds. The normalized spacial score (nSPS) is 12.6. The van der Waals surface area contributed by atoms with Crippen molar-refractivity contribution in [3.05, 3.63) is 47.5 Å². The summed E-state index contributed by atoms with van der Waals surface area (Å²) in [5.74, 6) is 0. The minimum absolute atomic E-state index is 0.167. The summed E-state index contributed by atoms with van der Waals surface area (Å²) >= 11 is 0. The Balaban J connectivity index is 1.87. The fourth-order valence-corrected chi connectivity index (χ4v) is 2.20. The van der Waals surface area contributed by atoms with Crippen molar-refractivity contribution in [2.45, 2.75) is 38.6 Å². The average molecular weight is 258 g/mol. The van der Waals surface area contributed by atoms with Crippen LogP contribution in [0.15, 0.2) is 30.6 Å². The molecule has 0 aliphatic carbocycles. The van der Waals surface area contributed by atoms with Gasteiger partial charge in [0.05, 0.1) is 5.69 Å². The summed E-state index contributed by atoms with van der Waals surface area (Å²) in [6, 6.07) is 6.39. The Morgan fingerprint density at radius 3 is 2.89 bits per heavy atom. The molecule has 0 saturated heterocycles. The number of aryl methyl sites for hydroxylation is 3. The number of pyridine rings is 1.